The molecule has 208 valence electrons. The molecule has 4 aliphatic rings. The minimum Gasteiger partial charge on any atom is -0.292 e. The topological polar surface area (TPSA) is 70.6 Å². The molecule has 5 aromatic rings. The average molecular weight is 562 g/mol. The second-order valence-electron chi connectivity index (χ2n) is 12.1. The summed E-state index contributed by atoms with van der Waals surface area (Å²) in [5, 5.41) is 1.93. The molecule has 0 N–H and O–H groups in total. The number of amides is 2. The van der Waals surface area contributed by atoms with Crippen LogP contribution in [0.15, 0.2) is 115 Å². The van der Waals surface area contributed by atoms with Gasteiger partial charge in [-0.15, -0.1) is 0 Å². The van der Waals surface area contributed by atoms with Gasteiger partial charge in [-0.05, 0) is 58.1 Å². The maximum atomic E-state index is 15.3. The third kappa shape index (κ3) is 2.87. The van der Waals surface area contributed by atoms with Crippen LogP contribution in [0.2, 0.25) is 0 Å². The highest BCUT2D eigenvalue weighted by Gasteiger charge is 2.78. The lowest BCUT2D eigenvalue weighted by Crippen LogP contribution is -2.51. The van der Waals surface area contributed by atoms with Crippen LogP contribution >= 0.6 is 0 Å². The summed E-state index contributed by atoms with van der Waals surface area (Å²) in [6, 6.07) is 34.6. The van der Waals surface area contributed by atoms with Gasteiger partial charge in [0.25, 0.3) is 0 Å². The van der Waals surface area contributed by atoms with E-state index in [0.717, 1.165) is 33.9 Å². The lowest BCUT2D eigenvalue weighted by Gasteiger charge is -2.43. The van der Waals surface area contributed by atoms with Gasteiger partial charge in [-0.2, -0.15) is 0 Å². The molecule has 4 aromatic carbocycles. The largest absolute Gasteiger partial charge is 0.292 e. The van der Waals surface area contributed by atoms with E-state index in [1.165, 1.54) is 4.90 Å². The minimum absolute atomic E-state index is 0.0151. The first-order valence-electron chi connectivity index (χ1n) is 14.8. The Morgan fingerprint density at radius 3 is 2.35 bits per heavy atom. The van der Waals surface area contributed by atoms with Crippen molar-refractivity contribution in [3.8, 4) is 0 Å². The van der Waals surface area contributed by atoms with Crippen molar-refractivity contribution in [3.63, 3.8) is 0 Å². The molecule has 2 amide bonds. The van der Waals surface area contributed by atoms with Gasteiger partial charge in [0.2, 0.25) is 11.8 Å². The van der Waals surface area contributed by atoms with Gasteiger partial charge < -0.3 is 0 Å². The number of benzene rings is 4. The lowest BCUT2D eigenvalue weighted by molar-refractivity contribution is -0.127. The van der Waals surface area contributed by atoms with Crippen LogP contribution in [0.1, 0.15) is 51.1 Å². The number of ketones is 1. The number of Topliss-reactive ketones (excluding diaryl/α,β-unsaturated/α-hetero) is 1. The van der Waals surface area contributed by atoms with Crippen LogP contribution in [0.3, 0.4) is 0 Å². The van der Waals surface area contributed by atoms with Crippen LogP contribution in [0.4, 0.5) is 5.69 Å². The second-order valence-corrected chi connectivity index (χ2v) is 12.1. The van der Waals surface area contributed by atoms with Gasteiger partial charge in [0, 0.05) is 36.3 Å². The van der Waals surface area contributed by atoms with E-state index in [2.05, 4.69) is 23.1 Å². The Labute approximate surface area is 248 Å². The molecule has 0 radical (unpaired) electrons. The first-order valence-corrected chi connectivity index (χ1v) is 14.8. The molecule has 1 aliphatic carbocycles. The quantitative estimate of drug-likeness (QED) is 0.248. The Kier molecular flexibility index (Phi) is 4.90. The van der Waals surface area contributed by atoms with Crippen LogP contribution in [0.25, 0.3) is 10.8 Å². The summed E-state index contributed by atoms with van der Waals surface area (Å²) in [6.45, 7) is 0.579. The molecule has 1 aromatic heterocycles. The third-order valence-corrected chi connectivity index (χ3v) is 10.4. The molecule has 2 spiro atoms. The van der Waals surface area contributed by atoms with Crippen LogP contribution in [-0.4, -0.2) is 34.0 Å². The van der Waals surface area contributed by atoms with Crippen molar-refractivity contribution in [2.24, 2.45) is 5.41 Å². The SMILES string of the molecule is O=C1C[C@@]2(C(=O)N1c1ccccc1)[C@@H]1c3ccccc3CCN1[C@@]1(C(=O)c3cccc4cccc1c34)[C@H]2c1ccccn1. The van der Waals surface area contributed by atoms with Gasteiger partial charge in [-0.25, -0.2) is 4.90 Å². The number of rotatable bonds is 2. The zero-order valence-corrected chi connectivity index (χ0v) is 23.3. The monoisotopic (exact) mass is 561 g/mol. The van der Waals surface area contributed by atoms with Gasteiger partial charge in [0.15, 0.2) is 5.78 Å². The van der Waals surface area contributed by atoms with E-state index < -0.39 is 22.9 Å². The first kappa shape index (κ1) is 24.6. The Balaban J connectivity index is 1.42. The summed E-state index contributed by atoms with van der Waals surface area (Å²) in [6.07, 6.45) is 2.45. The van der Waals surface area contributed by atoms with E-state index in [0.29, 0.717) is 23.5 Å². The van der Waals surface area contributed by atoms with Crippen LogP contribution in [0, 0.1) is 5.41 Å². The van der Waals surface area contributed by atoms with Crippen molar-refractivity contribution in [3.05, 3.63) is 143 Å². The molecular weight excluding hydrogens is 534 g/mol. The summed E-state index contributed by atoms with van der Waals surface area (Å²) in [7, 11) is 0. The summed E-state index contributed by atoms with van der Waals surface area (Å²) in [5.74, 6) is -1.24. The molecule has 9 rings (SSSR count). The number of hydrogen-bond donors (Lipinski definition) is 0. The molecule has 6 heteroatoms. The Morgan fingerprint density at radius 1 is 0.767 bits per heavy atom. The highest BCUT2D eigenvalue weighted by atomic mass is 16.2. The van der Waals surface area contributed by atoms with E-state index in [9.17, 15) is 4.79 Å². The summed E-state index contributed by atoms with van der Waals surface area (Å²) in [5.41, 5.74) is 2.47. The van der Waals surface area contributed by atoms with Gasteiger partial charge in [0.05, 0.1) is 17.1 Å². The number of carbonyl (C=O) groups is 3. The molecule has 2 saturated heterocycles. The molecule has 3 aliphatic heterocycles. The van der Waals surface area contributed by atoms with E-state index in [1.54, 1.807) is 18.3 Å². The van der Waals surface area contributed by atoms with Crippen LogP contribution in [0.5, 0.6) is 0 Å². The number of imide groups is 1. The number of carbonyl (C=O) groups excluding carboxylic acids is 3. The standard InChI is InChI=1S/C37H27N3O3/c41-30-22-36(35(43)40(30)25-13-2-1-3-14-25)32(29-18-6-7-20-38-29)37(39-21-19-23-10-4-5-15-26(23)33(36)39)28-17-9-12-24-11-8-16-27(31(24)28)34(37)42/h1-18,20,32-33H,19,21-22H2/t32-,33-,36-,37+/m0/s1. The lowest BCUT2D eigenvalue weighted by atomic mass is 9.61. The molecule has 2 fully saturated rings. The molecule has 0 unspecified atom stereocenters. The number of nitrogens with zero attached hydrogens (tertiary/aromatic N) is 3. The van der Waals surface area contributed by atoms with Crippen molar-refractivity contribution in [2.45, 2.75) is 30.3 Å². The van der Waals surface area contributed by atoms with Crippen molar-refractivity contribution in [1.29, 1.82) is 0 Å². The first-order chi connectivity index (χ1) is 21.1. The molecule has 4 atom stereocenters. The molecule has 43 heavy (non-hydrogen) atoms. The number of para-hydroxylation sites is 1. The maximum absolute atomic E-state index is 15.3. The minimum atomic E-state index is -1.27. The summed E-state index contributed by atoms with van der Waals surface area (Å²) in [4.78, 5) is 53.2. The van der Waals surface area contributed by atoms with Crippen molar-refractivity contribution >= 4 is 34.1 Å². The second kappa shape index (κ2) is 8.55. The van der Waals surface area contributed by atoms with Gasteiger partial charge in [-0.1, -0.05) is 84.9 Å². The normalized spacial score (nSPS) is 27.4. The fourth-order valence-electron chi connectivity index (χ4n) is 8.97. The Morgan fingerprint density at radius 2 is 1.53 bits per heavy atom. The highest BCUT2D eigenvalue weighted by molar-refractivity contribution is 6.26. The number of fused-ring (bicyclic) bond motifs is 6. The molecule has 0 saturated carbocycles. The number of hydrogen-bond acceptors (Lipinski definition) is 5. The predicted octanol–water partition coefficient (Wildman–Crippen LogP) is 5.97. The molecule has 4 heterocycles. The molecule has 6 nitrogen and oxygen atoms in total. The van der Waals surface area contributed by atoms with E-state index in [4.69, 9.17) is 4.98 Å². The van der Waals surface area contributed by atoms with Gasteiger partial charge in [0.1, 0.15) is 5.54 Å². The highest BCUT2D eigenvalue weighted by Crippen LogP contribution is 2.72. The van der Waals surface area contributed by atoms with Gasteiger partial charge in [-0.3, -0.25) is 24.3 Å². The van der Waals surface area contributed by atoms with E-state index >= 15 is 9.59 Å². The Bertz CT molecular complexity index is 2000. The summed E-state index contributed by atoms with van der Waals surface area (Å²) < 4.78 is 0. The molecular formula is C37H27N3O3. The van der Waals surface area contributed by atoms with E-state index in [1.807, 2.05) is 78.9 Å². The fraction of sp³-hybridized carbons (Fsp3) is 0.189. The number of pyridine rings is 1. The van der Waals surface area contributed by atoms with E-state index in [-0.39, 0.29) is 24.0 Å². The zero-order chi connectivity index (χ0) is 28.9. The van der Waals surface area contributed by atoms with Crippen LogP contribution in [-0.2, 0) is 21.5 Å². The maximum Gasteiger partial charge on any atom is 0.243 e. The van der Waals surface area contributed by atoms with Crippen molar-refractivity contribution in [2.75, 3.05) is 11.4 Å². The number of aromatic nitrogens is 1. The predicted molar refractivity (Wildman–Crippen MR) is 163 cm³/mol. The van der Waals surface area contributed by atoms with Crippen LogP contribution < -0.4 is 4.90 Å². The fourth-order valence-corrected chi connectivity index (χ4v) is 8.97. The van der Waals surface area contributed by atoms with Crippen molar-refractivity contribution < 1.29 is 14.4 Å². The Hall–Kier alpha value is -4.94. The van der Waals surface area contributed by atoms with Gasteiger partial charge >= 0.3 is 0 Å². The third-order valence-electron chi connectivity index (χ3n) is 10.4. The summed E-state index contributed by atoms with van der Waals surface area (Å²) >= 11 is 0. The molecule has 0 bridgehead atoms. The smallest absolute Gasteiger partial charge is 0.243 e. The van der Waals surface area contributed by atoms with Crippen molar-refractivity contribution in [1.82, 2.24) is 9.88 Å². The number of anilines is 1. The average Bonchev–Trinajstić information content (AvgIpc) is 3.58. The zero-order valence-electron chi connectivity index (χ0n) is 23.3.